The lowest BCUT2D eigenvalue weighted by Crippen LogP contribution is -1.80. The summed E-state index contributed by atoms with van der Waals surface area (Å²) in [5.41, 5.74) is 2.07. The number of oxazole rings is 1. The van der Waals surface area contributed by atoms with Gasteiger partial charge in [-0.1, -0.05) is 40.8 Å². The molecule has 2 aromatic rings. The summed E-state index contributed by atoms with van der Waals surface area (Å²) in [4.78, 5) is 4.42. The number of nitrogens with zero attached hydrogens (tertiary/aromatic N) is 1. The summed E-state index contributed by atoms with van der Waals surface area (Å²) in [6, 6.07) is 9.96. The van der Waals surface area contributed by atoms with E-state index in [0.29, 0.717) is 0 Å². The van der Waals surface area contributed by atoms with Gasteiger partial charge in [0.2, 0.25) is 5.89 Å². The van der Waals surface area contributed by atoms with Crippen molar-refractivity contribution < 1.29 is 4.42 Å². The Bertz CT molecular complexity index is 422. The molecule has 0 fully saturated rings. The van der Waals surface area contributed by atoms with E-state index in [1.54, 1.807) is 0 Å². The van der Waals surface area contributed by atoms with E-state index in [2.05, 4.69) is 27.6 Å². The molecule has 0 unspecified atom stereocenters. The maximum atomic E-state index is 5.58. The van der Waals surface area contributed by atoms with Crippen molar-refractivity contribution in [1.29, 1.82) is 0 Å². The molecule has 2 rings (SSSR count). The minimum atomic E-state index is 0.717. The highest BCUT2D eigenvalue weighted by molar-refractivity contribution is 14.1. The fourth-order valence-electron chi connectivity index (χ4n) is 1.26. The van der Waals surface area contributed by atoms with Crippen LogP contribution in [0.2, 0.25) is 0 Å². The lowest BCUT2D eigenvalue weighted by Gasteiger charge is -1.91. The zero-order valence-electron chi connectivity index (χ0n) is 7.83. The van der Waals surface area contributed by atoms with E-state index in [9.17, 15) is 0 Å². The molecule has 0 aliphatic rings. The van der Waals surface area contributed by atoms with Gasteiger partial charge in [0.15, 0.2) is 0 Å². The first-order chi connectivity index (χ1) is 6.81. The van der Waals surface area contributed by atoms with Gasteiger partial charge in [0.1, 0.15) is 5.76 Å². The van der Waals surface area contributed by atoms with Crippen molar-refractivity contribution in [3.8, 4) is 11.5 Å². The van der Waals surface area contributed by atoms with Crippen LogP contribution in [0.5, 0.6) is 0 Å². The van der Waals surface area contributed by atoms with Crippen LogP contribution in [0.3, 0.4) is 0 Å². The number of halogens is 1. The summed E-state index contributed by atoms with van der Waals surface area (Å²) >= 11 is 2.29. The fraction of sp³-hybridized carbons (Fsp3) is 0.182. The summed E-state index contributed by atoms with van der Waals surface area (Å²) < 4.78 is 6.46. The van der Waals surface area contributed by atoms with E-state index >= 15 is 0 Å². The van der Waals surface area contributed by atoms with Gasteiger partial charge < -0.3 is 4.42 Å². The van der Waals surface area contributed by atoms with Crippen LogP contribution in [-0.4, -0.2) is 4.98 Å². The second-order valence-electron chi connectivity index (χ2n) is 3.02. The molecule has 1 aromatic carbocycles. The molecule has 0 aliphatic carbocycles. The average Bonchev–Trinajstić information content (AvgIpc) is 2.61. The van der Waals surface area contributed by atoms with Gasteiger partial charge >= 0.3 is 0 Å². The number of aryl methyl sites for hydroxylation is 1. The van der Waals surface area contributed by atoms with E-state index in [-0.39, 0.29) is 0 Å². The predicted octanol–water partition coefficient (Wildman–Crippen LogP) is 3.59. The molecule has 0 N–H and O–H groups in total. The van der Waals surface area contributed by atoms with E-state index in [0.717, 1.165) is 27.3 Å². The Balaban J connectivity index is 2.43. The van der Waals surface area contributed by atoms with Gasteiger partial charge in [-0.05, 0) is 19.1 Å². The Kier molecular flexibility index (Phi) is 2.86. The van der Waals surface area contributed by atoms with Crippen LogP contribution < -0.4 is 0 Å². The largest absolute Gasteiger partial charge is 0.441 e. The van der Waals surface area contributed by atoms with E-state index < -0.39 is 0 Å². The lowest BCUT2D eigenvalue weighted by molar-refractivity contribution is 0.540. The van der Waals surface area contributed by atoms with Crippen molar-refractivity contribution in [1.82, 2.24) is 4.98 Å². The van der Waals surface area contributed by atoms with Crippen molar-refractivity contribution in [2.45, 2.75) is 11.4 Å². The van der Waals surface area contributed by atoms with Crippen molar-refractivity contribution in [3.63, 3.8) is 0 Å². The summed E-state index contributed by atoms with van der Waals surface area (Å²) in [7, 11) is 0. The monoisotopic (exact) mass is 299 g/mol. The average molecular weight is 299 g/mol. The SMILES string of the molecule is Cc1oc(-c2ccccc2)nc1CI. The van der Waals surface area contributed by atoms with Crippen molar-refractivity contribution in [2.75, 3.05) is 0 Å². The van der Waals surface area contributed by atoms with Crippen LogP contribution in [0, 0.1) is 6.92 Å². The van der Waals surface area contributed by atoms with Gasteiger partial charge in [-0.2, -0.15) is 0 Å². The van der Waals surface area contributed by atoms with Gasteiger partial charge in [0.25, 0.3) is 0 Å². The zero-order valence-corrected chi connectivity index (χ0v) is 9.98. The second-order valence-corrected chi connectivity index (χ2v) is 3.78. The number of rotatable bonds is 2. The number of aromatic nitrogens is 1. The van der Waals surface area contributed by atoms with Crippen molar-refractivity contribution in [3.05, 3.63) is 41.8 Å². The minimum absolute atomic E-state index is 0.717. The first kappa shape index (κ1) is 9.71. The number of alkyl halides is 1. The molecule has 2 nitrogen and oxygen atoms in total. The summed E-state index contributed by atoms with van der Waals surface area (Å²) in [5.74, 6) is 1.63. The van der Waals surface area contributed by atoms with Crippen LogP contribution in [0.25, 0.3) is 11.5 Å². The molecule has 0 bridgehead atoms. The van der Waals surface area contributed by atoms with Crippen LogP contribution in [-0.2, 0) is 4.43 Å². The van der Waals surface area contributed by atoms with Crippen LogP contribution in [0.1, 0.15) is 11.5 Å². The van der Waals surface area contributed by atoms with Gasteiger partial charge in [0, 0.05) is 9.99 Å². The molecule has 0 saturated heterocycles. The second kappa shape index (κ2) is 4.13. The molecule has 1 heterocycles. The first-order valence-corrected chi connectivity index (χ1v) is 5.91. The van der Waals surface area contributed by atoms with E-state index in [4.69, 9.17) is 4.42 Å². The third kappa shape index (κ3) is 1.82. The molecule has 72 valence electrons. The highest BCUT2D eigenvalue weighted by atomic mass is 127. The molecule has 1 aromatic heterocycles. The van der Waals surface area contributed by atoms with Crippen LogP contribution in [0.4, 0.5) is 0 Å². The van der Waals surface area contributed by atoms with Crippen molar-refractivity contribution >= 4 is 22.6 Å². The lowest BCUT2D eigenvalue weighted by atomic mass is 10.2. The third-order valence-corrected chi connectivity index (χ3v) is 2.76. The quantitative estimate of drug-likeness (QED) is 0.625. The smallest absolute Gasteiger partial charge is 0.226 e. The molecule has 0 amide bonds. The maximum absolute atomic E-state index is 5.58. The maximum Gasteiger partial charge on any atom is 0.226 e. The number of hydrogen-bond acceptors (Lipinski definition) is 2. The normalized spacial score (nSPS) is 10.4. The molecular formula is C11H10INO. The molecule has 0 spiro atoms. The van der Waals surface area contributed by atoms with Crippen LogP contribution in [0.15, 0.2) is 34.7 Å². The van der Waals surface area contributed by atoms with Gasteiger partial charge in [-0.3, -0.25) is 0 Å². The molecule has 0 atom stereocenters. The van der Waals surface area contributed by atoms with E-state index in [1.807, 2.05) is 37.3 Å². The Labute approximate surface area is 96.5 Å². The van der Waals surface area contributed by atoms with E-state index in [1.165, 1.54) is 0 Å². The molecule has 0 aliphatic heterocycles. The Morgan fingerprint density at radius 3 is 2.57 bits per heavy atom. The highest BCUT2D eigenvalue weighted by Gasteiger charge is 2.09. The topological polar surface area (TPSA) is 26.0 Å². The first-order valence-electron chi connectivity index (χ1n) is 4.39. The standard InChI is InChI=1S/C11H10INO/c1-8-10(7-12)13-11(14-8)9-5-3-2-4-6-9/h2-6H,7H2,1H3. The van der Waals surface area contributed by atoms with Crippen LogP contribution >= 0.6 is 22.6 Å². The molecular weight excluding hydrogens is 289 g/mol. The molecule has 14 heavy (non-hydrogen) atoms. The number of benzene rings is 1. The fourth-order valence-corrected chi connectivity index (χ4v) is 1.96. The van der Waals surface area contributed by atoms with Gasteiger partial charge in [0.05, 0.1) is 5.69 Å². The summed E-state index contributed by atoms with van der Waals surface area (Å²) in [5, 5.41) is 0. The Morgan fingerprint density at radius 2 is 2.00 bits per heavy atom. The number of hydrogen-bond donors (Lipinski definition) is 0. The Hall–Kier alpha value is -0.840. The predicted molar refractivity (Wildman–Crippen MR) is 64.4 cm³/mol. The summed E-state index contributed by atoms with van der Waals surface area (Å²) in [6.45, 7) is 1.95. The highest BCUT2D eigenvalue weighted by Crippen LogP contribution is 2.22. The molecule has 3 heteroatoms. The zero-order chi connectivity index (χ0) is 9.97. The van der Waals surface area contributed by atoms with Gasteiger partial charge in [-0.25, -0.2) is 4.98 Å². The van der Waals surface area contributed by atoms with Gasteiger partial charge in [-0.15, -0.1) is 0 Å². The minimum Gasteiger partial charge on any atom is -0.441 e. The summed E-state index contributed by atoms with van der Waals surface area (Å²) in [6.07, 6.45) is 0. The molecule has 0 radical (unpaired) electrons. The molecule has 0 saturated carbocycles. The third-order valence-electron chi connectivity index (χ3n) is 2.04. The van der Waals surface area contributed by atoms with Crippen molar-refractivity contribution in [2.24, 2.45) is 0 Å². The Morgan fingerprint density at radius 1 is 1.29 bits per heavy atom.